The summed E-state index contributed by atoms with van der Waals surface area (Å²) in [5.74, 6) is -1.83. The van der Waals surface area contributed by atoms with Crippen molar-refractivity contribution in [1.82, 2.24) is 15.1 Å². The van der Waals surface area contributed by atoms with Gasteiger partial charge in [0.15, 0.2) is 12.4 Å². The summed E-state index contributed by atoms with van der Waals surface area (Å²) in [6, 6.07) is 18.2. The Kier molecular flexibility index (Phi) is 6.87. The van der Waals surface area contributed by atoms with Crippen LogP contribution in [0.2, 0.25) is 5.02 Å². The Balaban J connectivity index is 1.32. The fourth-order valence-corrected chi connectivity index (χ4v) is 4.51. The van der Waals surface area contributed by atoms with E-state index >= 15 is 0 Å². The normalized spacial score (nSPS) is 10.5. The second-order valence-corrected chi connectivity index (χ2v) is 8.33. The summed E-state index contributed by atoms with van der Waals surface area (Å²) in [6.07, 6.45) is 1.32. The van der Waals surface area contributed by atoms with Crippen molar-refractivity contribution in [2.24, 2.45) is 0 Å². The van der Waals surface area contributed by atoms with E-state index in [4.69, 9.17) is 16.3 Å². The number of hydrogen-bond acceptors (Lipinski definition) is 7. The van der Waals surface area contributed by atoms with Crippen LogP contribution in [0.1, 0.15) is 15.2 Å². The first kappa shape index (κ1) is 23.0. The number of halogens is 1. The number of ether oxygens (including phenoxy) is 1. The van der Waals surface area contributed by atoms with Crippen LogP contribution in [0.4, 0.5) is 5.82 Å². The van der Waals surface area contributed by atoms with Gasteiger partial charge in [-0.15, -0.1) is 11.3 Å². The summed E-state index contributed by atoms with van der Waals surface area (Å²) in [7, 11) is 0. The van der Waals surface area contributed by atoms with Crippen molar-refractivity contribution in [1.29, 1.82) is 5.26 Å². The zero-order valence-corrected chi connectivity index (χ0v) is 19.0. The first-order valence-electron chi connectivity index (χ1n) is 9.92. The number of nitriles is 1. The van der Waals surface area contributed by atoms with Crippen LogP contribution in [-0.4, -0.2) is 40.7 Å². The van der Waals surface area contributed by atoms with Gasteiger partial charge in [-0.3, -0.25) is 14.4 Å². The van der Waals surface area contributed by atoms with Crippen molar-refractivity contribution in [3.8, 4) is 11.8 Å². The van der Waals surface area contributed by atoms with Crippen LogP contribution in [0.5, 0.6) is 0 Å². The van der Waals surface area contributed by atoms with Crippen LogP contribution in [0, 0.1) is 11.3 Å². The van der Waals surface area contributed by atoms with Crippen LogP contribution in [0.3, 0.4) is 0 Å². The summed E-state index contributed by atoms with van der Waals surface area (Å²) in [4.78, 5) is 37.1. The molecule has 0 atom stereocenters. The van der Waals surface area contributed by atoms with Gasteiger partial charge in [0.2, 0.25) is 0 Å². The maximum Gasteiger partial charge on any atom is 0.325 e. The first-order valence-corrected chi connectivity index (χ1v) is 11.1. The molecule has 0 aliphatic heterocycles. The van der Waals surface area contributed by atoms with Gasteiger partial charge in [-0.2, -0.15) is 10.4 Å². The molecule has 2 heterocycles. The largest absolute Gasteiger partial charge is 0.454 e. The van der Waals surface area contributed by atoms with E-state index < -0.39 is 30.9 Å². The van der Waals surface area contributed by atoms with Crippen LogP contribution < -0.4 is 10.6 Å². The Labute approximate surface area is 202 Å². The van der Waals surface area contributed by atoms with E-state index in [0.717, 1.165) is 10.1 Å². The second kappa shape index (κ2) is 10.2. The van der Waals surface area contributed by atoms with Crippen molar-refractivity contribution in [2.45, 2.75) is 0 Å². The lowest BCUT2D eigenvalue weighted by molar-refractivity contribution is -0.146. The van der Waals surface area contributed by atoms with Crippen molar-refractivity contribution in [3.63, 3.8) is 0 Å². The van der Waals surface area contributed by atoms with Gasteiger partial charge in [-0.25, -0.2) is 4.68 Å². The minimum atomic E-state index is -0.808. The number of anilines is 1. The van der Waals surface area contributed by atoms with E-state index in [-0.39, 0.29) is 16.3 Å². The molecule has 0 fully saturated rings. The molecule has 0 aliphatic carbocycles. The summed E-state index contributed by atoms with van der Waals surface area (Å²) in [5, 5.41) is 19.5. The quantitative estimate of drug-likeness (QED) is 0.379. The molecule has 0 bridgehead atoms. The molecule has 4 aromatic rings. The van der Waals surface area contributed by atoms with Gasteiger partial charge in [-0.05, 0) is 18.2 Å². The number of thiophene rings is 1. The van der Waals surface area contributed by atoms with Crippen molar-refractivity contribution < 1.29 is 19.1 Å². The summed E-state index contributed by atoms with van der Waals surface area (Å²) in [5.41, 5.74) is 0.787. The number of amides is 2. The highest BCUT2D eigenvalue weighted by Crippen LogP contribution is 2.34. The highest BCUT2D eigenvalue weighted by Gasteiger charge is 2.19. The van der Waals surface area contributed by atoms with Crippen molar-refractivity contribution >= 4 is 56.6 Å². The molecule has 34 heavy (non-hydrogen) atoms. The predicted molar refractivity (Wildman–Crippen MR) is 127 cm³/mol. The fraction of sp³-hybridized carbons (Fsp3) is 0.0870. The van der Waals surface area contributed by atoms with E-state index in [1.807, 2.05) is 30.3 Å². The Hall–Kier alpha value is -4.20. The average molecular weight is 494 g/mol. The average Bonchev–Trinajstić information content (AvgIpc) is 3.42. The van der Waals surface area contributed by atoms with E-state index in [9.17, 15) is 19.6 Å². The summed E-state index contributed by atoms with van der Waals surface area (Å²) >= 11 is 7.48. The van der Waals surface area contributed by atoms with Crippen LogP contribution in [-0.2, 0) is 14.3 Å². The van der Waals surface area contributed by atoms with Gasteiger partial charge in [-0.1, -0.05) is 48.0 Å². The minimum Gasteiger partial charge on any atom is -0.454 e. The van der Waals surface area contributed by atoms with Crippen molar-refractivity contribution in [3.05, 3.63) is 76.3 Å². The third kappa shape index (κ3) is 4.91. The monoisotopic (exact) mass is 493 g/mol. The molecule has 170 valence electrons. The number of hydrogen-bond donors (Lipinski definition) is 2. The van der Waals surface area contributed by atoms with Gasteiger partial charge >= 0.3 is 5.97 Å². The first-order chi connectivity index (χ1) is 16.5. The number of fused-ring (bicyclic) bond motifs is 1. The molecule has 0 aliphatic rings. The van der Waals surface area contributed by atoms with Gasteiger partial charge in [0.1, 0.15) is 23.1 Å². The molecule has 9 nitrogen and oxygen atoms in total. The van der Waals surface area contributed by atoms with Gasteiger partial charge in [0, 0.05) is 10.1 Å². The van der Waals surface area contributed by atoms with E-state index in [1.165, 1.54) is 22.2 Å². The molecule has 2 N–H and O–H groups in total. The fourth-order valence-electron chi connectivity index (χ4n) is 3.07. The maximum absolute atomic E-state index is 12.4. The third-order valence-corrected chi connectivity index (χ3v) is 6.32. The van der Waals surface area contributed by atoms with Crippen LogP contribution >= 0.6 is 22.9 Å². The highest BCUT2D eigenvalue weighted by atomic mass is 35.5. The van der Waals surface area contributed by atoms with E-state index in [1.54, 1.807) is 30.3 Å². The molecule has 0 unspecified atom stereocenters. The van der Waals surface area contributed by atoms with Gasteiger partial charge < -0.3 is 15.4 Å². The molecule has 0 saturated carbocycles. The zero-order chi connectivity index (χ0) is 24.1. The number of esters is 1. The maximum atomic E-state index is 12.4. The Morgan fingerprint density at radius 1 is 1.12 bits per heavy atom. The minimum absolute atomic E-state index is 0.149. The molecule has 2 aromatic heterocycles. The molecule has 2 amide bonds. The Morgan fingerprint density at radius 3 is 2.59 bits per heavy atom. The number of aromatic nitrogens is 2. The molecule has 0 spiro atoms. The molecule has 11 heteroatoms. The predicted octanol–water partition coefficient (Wildman–Crippen LogP) is 3.52. The lowest BCUT2D eigenvalue weighted by Gasteiger charge is -2.10. The number of nitrogens with zero attached hydrogens (tertiary/aromatic N) is 3. The SMILES string of the molecule is N#Cc1cnn(-c2ccccc2)c1NC(=O)COC(=O)CNC(=O)c1sc2ccccc2c1Cl. The second-order valence-electron chi connectivity index (χ2n) is 6.90. The standard InChI is InChI=1S/C23H16ClN5O4S/c24-20-16-8-4-5-9-17(16)34-21(20)23(32)26-12-19(31)33-13-18(30)28-22-14(10-25)11-27-29(22)15-6-2-1-3-7-15/h1-9,11H,12-13H2,(H,26,32)(H,28,30). The molecular formula is C23H16ClN5O4S. The number of carbonyl (C=O) groups excluding carboxylic acids is 3. The number of carbonyl (C=O) groups is 3. The number of para-hydroxylation sites is 1. The smallest absolute Gasteiger partial charge is 0.325 e. The Bertz CT molecular complexity index is 1420. The van der Waals surface area contributed by atoms with E-state index in [2.05, 4.69) is 15.7 Å². The lowest BCUT2D eigenvalue weighted by Crippen LogP contribution is -2.32. The molecule has 2 aromatic carbocycles. The lowest BCUT2D eigenvalue weighted by atomic mass is 10.2. The number of nitrogens with one attached hydrogen (secondary N) is 2. The Morgan fingerprint density at radius 2 is 1.85 bits per heavy atom. The van der Waals surface area contributed by atoms with Crippen LogP contribution in [0.25, 0.3) is 15.8 Å². The van der Waals surface area contributed by atoms with Crippen LogP contribution in [0.15, 0.2) is 60.8 Å². The zero-order valence-electron chi connectivity index (χ0n) is 17.4. The third-order valence-electron chi connectivity index (χ3n) is 4.65. The van der Waals surface area contributed by atoms with Gasteiger partial charge in [0.05, 0.1) is 16.9 Å². The molecular weight excluding hydrogens is 478 g/mol. The molecule has 0 radical (unpaired) electrons. The topological polar surface area (TPSA) is 126 Å². The summed E-state index contributed by atoms with van der Waals surface area (Å²) < 4.78 is 7.19. The highest BCUT2D eigenvalue weighted by molar-refractivity contribution is 7.21. The number of benzene rings is 2. The van der Waals surface area contributed by atoms with Gasteiger partial charge in [0.25, 0.3) is 11.8 Å². The van der Waals surface area contributed by atoms with E-state index in [0.29, 0.717) is 10.7 Å². The summed E-state index contributed by atoms with van der Waals surface area (Å²) in [6.45, 7) is -1.05. The molecule has 0 saturated heterocycles. The number of rotatable bonds is 7. The molecule has 4 rings (SSSR count). The van der Waals surface area contributed by atoms with Crippen molar-refractivity contribution in [2.75, 3.05) is 18.5 Å².